The van der Waals surface area contributed by atoms with Crippen LogP contribution in [0.1, 0.15) is 20.3 Å². The van der Waals surface area contributed by atoms with Gasteiger partial charge >= 0.3 is 0 Å². The molecule has 0 bridgehead atoms. The summed E-state index contributed by atoms with van der Waals surface area (Å²) >= 11 is 5.86. The van der Waals surface area contributed by atoms with E-state index in [1.54, 1.807) is 18.3 Å². The Hall–Kier alpha value is -1.13. The van der Waals surface area contributed by atoms with Gasteiger partial charge < -0.3 is 11.1 Å². The molecule has 1 amide bonds. The Morgan fingerprint density at radius 3 is 2.88 bits per heavy atom. The van der Waals surface area contributed by atoms with E-state index in [0.29, 0.717) is 23.2 Å². The Morgan fingerprint density at radius 1 is 1.62 bits per heavy atom. The maximum absolute atomic E-state index is 11.7. The Balaban J connectivity index is 2.61. The summed E-state index contributed by atoms with van der Waals surface area (Å²) in [5.41, 5.74) is 5.73. The largest absolute Gasteiger partial charge is 0.320 e. The van der Waals surface area contributed by atoms with Crippen LogP contribution in [0.4, 0.5) is 5.82 Å². The van der Waals surface area contributed by atoms with Gasteiger partial charge in [-0.1, -0.05) is 25.4 Å². The number of carbonyl (C=O) groups is 1. The molecule has 1 rings (SSSR count). The maximum Gasteiger partial charge on any atom is 0.242 e. The highest BCUT2D eigenvalue weighted by atomic mass is 35.5. The van der Waals surface area contributed by atoms with Crippen LogP contribution in [-0.2, 0) is 4.79 Å². The second-order valence-corrected chi connectivity index (χ2v) is 4.47. The highest BCUT2D eigenvalue weighted by molar-refractivity contribution is 6.33. The summed E-state index contributed by atoms with van der Waals surface area (Å²) in [5, 5.41) is 3.02. The van der Waals surface area contributed by atoms with E-state index < -0.39 is 6.04 Å². The van der Waals surface area contributed by atoms with E-state index in [1.165, 1.54) is 0 Å². The zero-order chi connectivity index (χ0) is 12.1. The molecule has 1 aromatic rings. The predicted molar refractivity (Wildman–Crippen MR) is 65.3 cm³/mol. The maximum atomic E-state index is 11.7. The number of hydrogen-bond acceptors (Lipinski definition) is 3. The zero-order valence-corrected chi connectivity index (χ0v) is 10.2. The number of hydrogen-bond donors (Lipinski definition) is 2. The first-order chi connectivity index (χ1) is 7.50. The van der Waals surface area contributed by atoms with Crippen molar-refractivity contribution in [3.8, 4) is 0 Å². The Kier molecular flexibility index (Phi) is 4.71. The lowest BCUT2D eigenvalue weighted by molar-refractivity contribution is -0.117. The number of carbonyl (C=O) groups excluding carboxylic acids is 1. The minimum absolute atomic E-state index is 0.255. The van der Waals surface area contributed by atoms with Crippen LogP contribution in [0.3, 0.4) is 0 Å². The first-order valence-electron chi connectivity index (χ1n) is 5.17. The molecule has 4 nitrogen and oxygen atoms in total. The molecule has 0 unspecified atom stereocenters. The number of amides is 1. The SMILES string of the molecule is CC(C)C[C@@H](N)C(=O)Nc1ncccc1Cl. The summed E-state index contributed by atoms with van der Waals surface area (Å²) in [7, 11) is 0. The van der Waals surface area contributed by atoms with Crippen LogP contribution in [0.15, 0.2) is 18.3 Å². The molecule has 3 N–H and O–H groups in total. The molecule has 1 heterocycles. The third-order valence-electron chi connectivity index (χ3n) is 2.06. The summed E-state index contributed by atoms with van der Waals surface area (Å²) in [5.74, 6) is 0.475. The third-order valence-corrected chi connectivity index (χ3v) is 2.37. The summed E-state index contributed by atoms with van der Waals surface area (Å²) < 4.78 is 0. The van der Waals surface area contributed by atoms with Crippen LogP contribution in [-0.4, -0.2) is 16.9 Å². The molecule has 88 valence electrons. The van der Waals surface area contributed by atoms with E-state index in [-0.39, 0.29) is 5.91 Å². The lowest BCUT2D eigenvalue weighted by Crippen LogP contribution is -2.36. The van der Waals surface area contributed by atoms with Crippen molar-refractivity contribution in [2.45, 2.75) is 26.3 Å². The van der Waals surface area contributed by atoms with Crippen molar-refractivity contribution in [1.82, 2.24) is 4.98 Å². The van der Waals surface area contributed by atoms with Crippen LogP contribution >= 0.6 is 11.6 Å². The van der Waals surface area contributed by atoms with Gasteiger partial charge in [0.25, 0.3) is 0 Å². The number of nitrogens with zero attached hydrogens (tertiary/aromatic N) is 1. The minimum Gasteiger partial charge on any atom is -0.320 e. The van der Waals surface area contributed by atoms with Crippen molar-refractivity contribution in [3.63, 3.8) is 0 Å². The van der Waals surface area contributed by atoms with E-state index in [0.717, 1.165) is 0 Å². The van der Waals surface area contributed by atoms with E-state index in [9.17, 15) is 4.79 Å². The fourth-order valence-corrected chi connectivity index (χ4v) is 1.47. The van der Waals surface area contributed by atoms with Crippen molar-refractivity contribution in [2.75, 3.05) is 5.32 Å². The second-order valence-electron chi connectivity index (χ2n) is 4.06. The average molecular weight is 242 g/mol. The summed E-state index contributed by atoms with van der Waals surface area (Å²) in [6.45, 7) is 4.03. The highest BCUT2D eigenvalue weighted by Gasteiger charge is 2.16. The van der Waals surface area contributed by atoms with Gasteiger partial charge in [-0.05, 0) is 24.5 Å². The van der Waals surface area contributed by atoms with E-state index in [1.807, 2.05) is 13.8 Å². The van der Waals surface area contributed by atoms with Crippen molar-refractivity contribution >= 4 is 23.3 Å². The van der Waals surface area contributed by atoms with Gasteiger partial charge in [0.05, 0.1) is 11.1 Å². The summed E-state index contributed by atoms with van der Waals surface area (Å²) in [4.78, 5) is 15.6. The normalized spacial score (nSPS) is 12.6. The number of halogens is 1. The molecule has 0 aromatic carbocycles. The predicted octanol–water partition coefficient (Wildman–Crippen LogP) is 2.05. The number of anilines is 1. The third kappa shape index (κ3) is 3.79. The van der Waals surface area contributed by atoms with Crippen LogP contribution in [0.5, 0.6) is 0 Å². The first-order valence-corrected chi connectivity index (χ1v) is 5.55. The van der Waals surface area contributed by atoms with Gasteiger partial charge in [-0.25, -0.2) is 4.98 Å². The number of nitrogens with two attached hydrogens (primary N) is 1. The standard InChI is InChI=1S/C11H16ClN3O/c1-7(2)6-9(13)11(16)15-10-8(12)4-3-5-14-10/h3-5,7,9H,6,13H2,1-2H3,(H,14,15,16)/t9-/m1/s1. The molecular weight excluding hydrogens is 226 g/mol. The molecule has 0 saturated heterocycles. The molecule has 1 atom stereocenters. The zero-order valence-electron chi connectivity index (χ0n) is 9.40. The van der Waals surface area contributed by atoms with E-state index >= 15 is 0 Å². The smallest absolute Gasteiger partial charge is 0.242 e. The van der Waals surface area contributed by atoms with Crippen LogP contribution in [0.2, 0.25) is 5.02 Å². The topological polar surface area (TPSA) is 68.0 Å². The van der Waals surface area contributed by atoms with E-state index in [2.05, 4.69) is 10.3 Å². The monoisotopic (exact) mass is 241 g/mol. The van der Waals surface area contributed by atoms with Crippen molar-refractivity contribution < 1.29 is 4.79 Å². The molecule has 16 heavy (non-hydrogen) atoms. The molecule has 5 heteroatoms. The Labute approximate surface area is 100 Å². The molecule has 0 aliphatic rings. The lowest BCUT2D eigenvalue weighted by atomic mass is 10.0. The minimum atomic E-state index is -0.530. The van der Waals surface area contributed by atoms with Crippen molar-refractivity contribution in [3.05, 3.63) is 23.4 Å². The number of pyridine rings is 1. The quantitative estimate of drug-likeness (QED) is 0.848. The fraction of sp³-hybridized carbons (Fsp3) is 0.455. The average Bonchev–Trinajstić information content (AvgIpc) is 2.20. The fourth-order valence-electron chi connectivity index (χ4n) is 1.30. The van der Waals surface area contributed by atoms with Gasteiger partial charge in [0.1, 0.15) is 0 Å². The van der Waals surface area contributed by atoms with Gasteiger partial charge in [-0.15, -0.1) is 0 Å². The van der Waals surface area contributed by atoms with Crippen LogP contribution < -0.4 is 11.1 Å². The van der Waals surface area contributed by atoms with Gasteiger partial charge in [0, 0.05) is 6.20 Å². The molecule has 0 aliphatic carbocycles. The Bertz CT molecular complexity index is 368. The second kappa shape index (κ2) is 5.82. The van der Waals surface area contributed by atoms with Crippen molar-refractivity contribution in [2.24, 2.45) is 11.7 Å². The molecule has 1 aromatic heterocycles. The van der Waals surface area contributed by atoms with Gasteiger partial charge in [-0.2, -0.15) is 0 Å². The van der Waals surface area contributed by atoms with Crippen molar-refractivity contribution in [1.29, 1.82) is 0 Å². The van der Waals surface area contributed by atoms with Gasteiger partial charge in [0.15, 0.2) is 5.82 Å². The van der Waals surface area contributed by atoms with Gasteiger partial charge in [0.2, 0.25) is 5.91 Å². The highest BCUT2D eigenvalue weighted by Crippen LogP contribution is 2.17. The number of nitrogens with one attached hydrogen (secondary N) is 1. The Morgan fingerprint density at radius 2 is 2.31 bits per heavy atom. The van der Waals surface area contributed by atoms with Gasteiger partial charge in [-0.3, -0.25) is 4.79 Å². The summed E-state index contributed by atoms with van der Waals surface area (Å²) in [6, 6.07) is 2.84. The molecule has 0 aliphatic heterocycles. The van der Waals surface area contributed by atoms with E-state index in [4.69, 9.17) is 17.3 Å². The van der Waals surface area contributed by atoms with Crippen LogP contribution in [0, 0.1) is 5.92 Å². The molecule has 0 spiro atoms. The first kappa shape index (κ1) is 12.9. The van der Waals surface area contributed by atoms with Crippen LogP contribution in [0.25, 0.3) is 0 Å². The summed E-state index contributed by atoms with van der Waals surface area (Å²) in [6.07, 6.45) is 2.20. The molecule has 0 fully saturated rings. The number of aromatic nitrogens is 1. The molecule has 0 saturated carbocycles. The number of rotatable bonds is 4. The lowest BCUT2D eigenvalue weighted by Gasteiger charge is -2.14. The molecule has 0 radical (unpaired) electrons. The molecular formula is C11H16ClN3O.